The van der Waals surface area contributed by atoms with Gasteiger partial charge in [0.05, 0.1) is 12.6 Å². The van der Waals surface area contributed by atoms with Crippen molar-refractivity contribution in [2.45, 2.75) is 24.5 Å². The molecule has 1 aliphatic carbocycles. The predicted octanol–water partition coefficient (Wildman–Crippen LogP) is -0.121. The first-order valence-electron chi connectivity index (χ1n) is 3.76. The predicted molar refractivity (Wildman–Crippen MR) is 40.3 cm³/mol. The van der Waals surface area contributed by atoms with E-state index in [1.165, 1.54) is 0 Å². The molecule has 1 fully saturated rings. The van der Waals surface area contributed by atoms with E-state index in [4.69, 9.17) is 15.2 Å². The number of amidine groups is 1. The number of methoxy groups -OCH3 is 1. The van der Waals surface area contributed by atoms with Crippen LogP contribution in [0.25, 0.3) is 0 Å². The highest BCUT2D eigenvalue weighted by Gasteiger charge is 2.49. The summed E-state index contributed by atoms with van der Waals surface area (Å²) in [6.45, 7) is 0.707. The Morgan fingerprint density at radius 3 is 2.91 bits per heavy atom. The van der Waals surface area contributed by atoms with E-state index >= 15 is 0 Å². The number of nitrogens with zero attached hydrogens (tertiary/aromatic N) is 1. The lowest BCUT2D eigenvalue weighted by Gasteiger charge is -2.42. The van der Waals surface area contributed by atoms with Crippen molar-refractivity contribution in [3.05, 3.63) is 0 Å². The smallest absolute Gasteiger partial charge is 0.282 e. The summed E-state index contributed by atoms with van der Waals surface area (Å²) in [5.41, 5.74) is 5.30. The fraction of sp³-hybridized carbons (Fsp3) is 0.857. The van der Waals surface area contributed by atoms with E-state index in [2.05, 4.69) is 4.99 Å². The van der Waals surface area contributed by atoms with Gasteiger partial charge >= 0.3 is 0 Å². The van der Waals surface area contributed by atoms with E-state index in [9.17, 15) is 0 Å². The van der Waals surface area contributed by atoms with Gasteiger partial charge in [0.2, 0.25) is 0 Å². The molecule has 1 saturated carbocycles. The van der Waals surface area contributed by atoms with Crippen molar-refractivity contribution in [1.82, 2.24) is 0 Å². The molecule has 4 heteroatoms. The molecular weight excluding hydrogens is 144 g/mol. The minimum absolute atomic E-state index is 0.0925. The molecule has 0 aromatic heterocycles. The Labute approximate surface area is 65.4 Å². The van der Waals surface area contributed by atoms with Crippen LogP contribution in [0.15, 0.2) is 4.99 Å². The highest BCUT2D eigenvalue weighted by Crippen LogP contribution is 2.40. The molecule has 0 radical (unpaired) electrons. The Morgan fingerprint density at radius 2 is 2.45 bits per heavy atom. The lowest BCUT2D eigenvalue weighted by atomic mass is 9.77. The van der Waals surface area contributed by atoms with Crippen LogP contribution in [0.3, 0.4) is 0 Å². The van der Waals surface area contributed by atoms with Crippen molar-refractivity contribution >= 4 is 6.02 Å². The zero-order valence-corrected chi connectivity index (χ0v) is 6.54. The van der Waals surface area contributed by atoms with Gasteiger partial charge in [0.1, 0.15) is 5.60 Å². The van der Waals surface area contributed by atoms with Crippen LogP contribution >= 0.6 is 0 Å². The highest BCUT2D eigenvalue weighted by atomic mass is 16.5. The van der Waals surface area contributed by atoms with E-state index in [-0.39, 0.29) is 5.60 Å². The molecule has 2 aliphatic rings. The van der Waals surface area contributed by atoms with Crippen LogP contribution in [-0.2, 0) is 9.47 Å². The molecule has 2 rings (SSSR count). The molecule has 1 heterocycles. The molecule has 0 aromatic carbocycles. The van der Waals surface area contributed by atoms with Gasteiger partial charge < -0.3 is 15.2 Å². The quantitative estimate of drug-likeness (QED) is 0.575. The number of hydrogen-bond donors (Lipinski definition) is 1. The molecule has 2 N–H and O–H groups in total. The lowest BCUT2D eigenvalue weighted by molar-refractivity contribution is -0.102. The summed E-state index contributed by atoms with van der Waals surface area (Å²) in [5.74, 6) is 0. The molecule has 0 saturated heterocycles. The van der Waals surface area contributed by atoms with E-state index in [0.29, 0.717) is 18.7 Å². The standard InChI is InChI=1S/C7H12N2O2/c1-10-5-2-7(3-5)4-9-6(8)11-7/h5H,2-4H2,1H3,(H2,8,9). The fourth-order valence-electron chi connectivity index (χ4n) is 1.66. The van der Waals surface area contributed by atoms with Crippen molar-refractivity contribution in [3.63, 3.8) is 0 Å². The molecule has 0 bridgehead atoms. The third kappa shape index (κ3) is 0.976. The van der Waals surface area contributed by atoms with Crippen molar-refractivity contribution in [2.24, 2.45) is 10.7 Å². The van der Waals surface area contributed by atoms with Gasteiger partial charge in [0.15, 0.2) is 0 Å². The first-order chi connectivity index (χ1) is 5.24. The number of hydrogen-bond acceptors (Lipinski definition) is 4. The van der Waals surface area contributed by atoms with Gasteiger partial charge in [0, 0.05) is 20.0 Å². The van der Waals surface area contributed by atoms with Gasteiger partial charge in [-0.25, -0.2) is 4.99 Å². The molecule has 1 aliphatic heterocycles. The van der Waals surface area contributed by atoms with Gasteiger partial charge in [-0.3, -0.25) is 0 Å². The van der Waals surface area contributed by atoms with Crippen LogP contribution in [0.4, 0.5) is 0 Å². The van der Waals surface area contributed by atoms with Crippen LogP contribution in [0, 0.1) is 0 Å². The average molecular weight is 156 g/mol. The summed E-state index contributed by atoms with van der Waals surface area (Å²) in [6.07, 6.45) is 2.19. The van der Waals surface area contributed by atoms with E-state index in [1.807, 2.05) is 0 Å². The normalized spacial score (nSPS) is 41.5. The minimum atomic E-state index is -0.0925. The zero-order chi connectivity index (χ0) is 7.90. The van der Waals surface area contributed by atoms with Crippen LogP contribution in [0.1, 0.15) is 12.8 Å². The number of nitrogens with two attached hydrogens (primary N) is 1. The van der Waals surface area contributed by atoms with E-state index < -0.39 is 0 Å². The molecule has 0 unspecified atom stereocenters. The monoisotopic (exact) mass is 156 g/mol. The molecule has 0 atom stereocenters. The Bertz CT molecular complexity index is 197. The summed E-state index contributed by atoms with van der Waals surface area (Å²) in [5, 5.41) is 0. The summed E-state index contributed by atoms with van der Waals surface area (Å²) in [6, 6.07) is 0.333. The van der Waals surface area contributed by atoms with Gasteiger partial charge in [-0.1, -0.05) is 0 Å². The zero-order valence-electron chi connectivity index (χ0n) is 6.54. The minimum Gasteiger partial charge on any atom is -0.457 e. The Kier molecular flexibility index (Phi) is 1.32. The topological polar surface area (TPSA) is 56.8 Å². The maximum absolute atomic E-state index is 5.39. The number of rotatable bonds is 1. The maximum Gasteiger partial charge on any atom is 0.282 e. The summed E-state index contributed by atoms with van der Waals surface area (Å²) in [7, 11) is 1.72. The fourth-order valence-corrected chi connectivity index (χ4v) is 1.66. The molecular formula is C7H12N2O2. The molecule has 0 amide bonds. The van der Waals surface area contributed by atoms with E-state index in [0.717, 1.165) is 12.8 Å². The van der Waals surface area contributed by atoms with Crippen LogP contribution in [0.2, 0.25) is 0 Å². The van der Waals surface area contributed by atoms with Gasteiger partial charge in [-0.05, 0) is 0 Å². The summed E-state index contributed by atoms with van der Waals surface area (Å²) in [4.78, 5) is 4.00. The summed E-state index contributed by atoms with van der Waals surface area (Å²) >= 11 is 0. The molecule has 11 heavy (non-hydrogen) atoms. The van der Waals surface area contributed by atoms with Crippen molar-refractivity contribution in [1.29, 1.82) is 0 Å². The highest BCUT2D eigenvalue weighted by molar-refractivity contribution is 5.73. The van der Waals surface area contributed by atoms with Crippen LogP contribution in [0.5, 0.6) is 0 Å². The average Bonchev–Trinajstić information content (AvgIpc) is 2.28. The van der Waals surface area contributed by atoms with Crippen molar-refractivity contribution < 1.29 is 9.47 Å². The molecule has 4 nitrogen and oxygen atoms in total. The third-order valence-electron chi connectivity index (χ3n) is 2.38. The van der Waals surface area contributed by atoms with Crippen molar-refractivity contribution in [3.8, 4) is 0 Å². The van der Waals surface area contributed by atoms with E-state index in [1.54, 1.807) is 7.11 Å². The maximum atomic E-state index is 5.39. The van der Waals surface area contributed by atoms with Crippen molar-refractivity contribution in [2.75, 3.05) is 13.7 Å². The third-order valence-corrected chi connectivity index (χ3v) is 2.38. The Hall–Kier alpha value is -0.770. The second kappa shape index (κ2) is 2.11. The van der Waals surface area contributed by atoms with Crippen LogP contribution < -0.4 is 5.73 Å². The van der Waals surface area contributed by atoms with Crippen LogP contribution in [-0.4, -0.2) is 31.4 Å². The van der Waals surface area contributed by atoms with Gasteiger partial charge in [0.25, 0.3) is 6.02 Å². The second-order valence-corrected chi connectivity index (χ2v) is 3.21. The number of ether oxygens (including phenoxy) is 2. The summed E-state index contributed by atoms with van der Waals surface area (Å²) < 4.78 is 10.5. The lowest BCUT2D eigenvalue weighted by Crippen LogP contribution is -2.51. The van der Waals surface area contributed by atoms with Gasteiger partial charge in [-0.2, -0.15) is 0 Å². The molecule has 1 spiro atoms. The second-order valence-electron chi connectivity index (χ2n) is 3.21. The molecule has 0 aromatic rings. The Morgan fingerprint density at radius 1 is 1.73 bits per heavy atom. The molecule has 62 valence electrons. The first kappa shape index (κ1) is 6.91. The largest absolute Gasteiger partial charge is 0.457 e. The first-order valence-corrected chi connectivity index (χ1v) is 3.76. The number of aliphatic imine (C=N–C) groups is 1. The Balaban J connectivity index is 1.90. The SMILES string of the molecule is COC1CC2(CN=C(N)O2)C1. The van der Waals surface area contributed by atoms with Gasteiger partial charge in [-0.15, -0.1) is 0 Å².